The number of carbonyl (C=O) groups excluding carboxylic acids is 2. The van der Waals surface area contributed by atoms with Crippen LogP contribution in [-0.4, -0.2) is 11.8 Å². The number of nitrogens with one attached hydrogen (secondary N) is 2. The number of hydrogen-bond donors (Lipinski definition) is 2. The Morgan fingerprint density at radius 2 is 1.69 bits per heavy atom. The predicted molar refractivity (Wildman–Crippen MR) is 102 cm³/mol. The minimum atomic E-state index is -0.378. The summed E-state index contributed by atoms with van der Waals surface area (Å²) in [5.41, 5.74) is 1.97. The molecule has 0 saturated heterocycles. The second kappa shape index (κ2) is 7.89. The first-order valence-electron chi connectivity index (χ1n) is 8.12. The molecule has 0 spiro atoms. The van der Waals surface area contributed by atoms with Gasteiger partial charge in [-0.25, -0.2) is 0 Å². The SMILES string of the molecule is CCC(=O)Nc1cccc(NC(=O)c2ccc(-c3cccc(Cl)c3)o2)c1. The number of halogens is 1. The summed E-state index contributed by atoms with van der Waals surface area (Å²) in [6, 6.07) is 17.5. The van der Waals surface area contributed by atoms with Gasteiger partial charge in [-0.05, 0) is 42.5 Å². The fourth-order valence-electron chi connectivity index (χ4n) is 2.37. The van der Waals surface area contributed by atoms with Gasteiger partial charge >= 0.3 is 0 Å². The number of carbonyl (C=O) groups is 2. The average molecular weight is 369 g/mol. The van der Waals surface area contributed by atoms with Gasteiger partial charge in [0, 0.05) is 28.4 Å². The van der Waals surface area contributed by atoms with Crippen molar-refractivity contribution in [3.05, 3.63) is 71.4 Å². The molecule has 3 aromatic rings. The number of amides is 2. The molecule has 0 saturated carbocycles. The number of rotatable bonds is 5. The van der Waals surface area contributed by atoms with Gasteiger partial charge in [0.2, 0.25) is 5.91 Å². The van der Waals surface area contributed by atoms with Crippen molar-refractivity contribution in [2.75, 3.05) is 10.6 Å². The molecule has 5 nitrogen and oxygen atoms in total. The van der Waals surface area contributed by atoms with Gasteiger partial charge in [0.05, 0.1) is 0 Å². The van der Waals surface area contributed by atoms with E-state index in [-0.39, 0.29) is 17.6 Å². The van der Waals surface area contributed by atoms with Crippen LogP contribution in [0.25, 0.3) is 11.3 Å². The van der Waals surface area contributed by atoms with Crippen LogP contribution in [0.2, 0.25) is 5.02 Å². The van der Waals surface area contributed by atoms with Crippen molar-refractivity contribution in [1.82, 2.24) is 0 Å². The van der Waals surface area contributed by atoms with Crippen molar-refractivity contribution in [1.29, 1.82) is 0 Å². The van der Waals surface area contributed by atoms with Crippen LogP contribution in [0.5, 0.6) is 0 Å². The quantitative estimate of drug-likeness (QED) is 0.650. The Balaban J connectivity index is 1.73. The lowest BCUT2D eigenvalue weighted by molar-refractivity contribution is -0.115. The Hall–Kier alpha value is -3.05. The standard InChI is InChI=1S/C20H17ClN2O3/c1-2-19(24)22-15-7-4-8-16(12-15)23-20(25)18-10-9-17(26-18)13-5-3-6-14(21)11-13/h3-12H,2H2,1H3,(H,22,24)(H,23,25). The third-order valence-electron chi connectivity index (χ3n) is 3.66. The van der Waals surface area contributed by atoms with Crippen LogP contribution < -0.4 is 10.6 Å². The lowest BCUT2D eigenvalue weighted by Gasteiger charge is -2.07. The Morgan fingerprint density at radius 1 is 0.962 bits per heavy atom. The van der Waals surface area contributed by atoms with Crippen LogP contribution in [-0.2, 0) is 4.79 Å². The molecule has 0 unspecified atom stereocenters. The maximum atomic E-state index is 12.4. The van der Waals surface area contributed by atoms with Gasteiger partial charge in [-0.1, -0.05) is 36.7 Å². The molecule has 0 fully saturated rings. The topological polar surface area (TPSA) is 71.3 Å². The van der Waals surface area contributed by atoms with Crippen molar-refractivity contribution < 1.29 is 14.0 Å². The van der Waals surface area contributed by atoms with E-state index in [1.54, 1.807) is 55.5 Å². The molecule has 0 bridgehead atoms. The Morgan fingerprint density at radius 3 is 2.42 bits per heavy atom. The van der Waals surface area contributed by atoms with E-state index in [1.807, 2.05) is 12.1 Å². The van der Waals surface area contributed by atoms with Gasteiger partial charge in [-0.3, -0.25) is 9.59 Å². The summed E-state index contributed by atoms with van der Waals surface area (Å²) < 4.78 is 5.63. The predicted octanol–water partition coefficient (Wildman–Crippen LogP) is 5.20. The molecule has 0 aliphatic carbocycles. The number of anilines is 2. The van der Waals surface area contributed by atoms with Crippen LogP contribution in [0, 0.1) is 0 Å². The summed E-state index contributed by atoms with van der Waals surface area (Å²) in [5, 5.41) is 6.10. The molecule has 26 heavy (non-hydrogen) atoms. The van der Waals surface area contributed by atoms with Gasteiger partial charge in [0.15, 0.2) is 5.76 Å². The van der Waals surface area contributed by atoms with Gasteiger partial charge < -0.3 is 15.1 Å². The van der Waals surface area contributed by atoms with Gasteiger partial charge in [-0.2, -0.15) is 0 Å². The van der Waals surface area contributed by atoms with E-state index in [1.165, 1.54) is 0 Å². The van der Waals surface area contributed by atoms with Crippen LogP contribution in [0.15, 0.2) is 65.1 Å². The van der Waals surface area contributed by atoms with E-state index in [2.05, 4.69) is 10.6 Å². The van der Waals surface area contributed by atoms with Crippen LogP contribution in [0.4, 0.5) is 11.4 Å². The molecule has 0 aliphatic rings. The first-order valence-corrected chi connectivity index (χ1v) is 8.50. The maximum absolute atomic E-state index is 12.4. The largest absolute Gasteiger partial charge is 0.451 e. The van der Waals surface area contributed by atoms with Crippen LogP contribution in [0.3, 0.4) is 0 Å². The van der Waals surface area contributed by atoms with E-state index >= 15 is 0 Å². The minimum Gasteiger partial charge on any atom is -0.451 e. The molecule has 3 rings (SSSR count). The molecule has 1 aromatic heterocycles. The van der Waals surface area contributed by atoms with Crippen molar-refractivity contribution in [3.8, 4) is 11.3 Å². The zero-order valence-corrected chi connectivity index (χ0v) is 14.8. The second-order valence-corrected chi connectivity index (χ2v) is 6.05. The summed E-state index contributed by atoms with van der Waals surface area (Å²) in [6.45, 7) is 1.77. The summed E-state index contributed by atoms with van der Waals surface area (Å²) in [4.78, 5) is 23.9. The Labute approximate surface area is 156 Å². The molecule has 0 aliphatic heterocycles. The number of hydrogen-bond acceptors (Lipinski definition) is 3. The first-order chi connectivity index (χ1) is 12.5. The van der Waals surface area contributed by atoms with E-state index in [4.69, 9.17) is 16.0 Å². The van der Waals surface area contributed by atoms with E-state index in [0.717, 1.165) is 5.56 Å². The highest BCUT2D eigenvalue weighted by Crippen LogP contribution is 2.25. The molecule has 1 heterocycles. The fraction of sp³-hybridized carbons (Fsp3) is 0.100. The highest BCUT2D eigenvalue weighted by Gasteiger charge is 2.13. The van der Waals surface area contributed by atoms with E-state index in [9.17, 15) is 9.59 Å². The van der Waals surface area contributed by atoms with E-state index in [0.29, 0.717) is 28.6 Å². The first kappa shape index (κ1) is 17.8. The molecule has 6 heteroatoms. The summed E-state index contributed by atoms with van der Waals surface area (Å²) in [6.07, 6.45) is 0.384. The second-order valence-electron chi connectivity index (χ2n) is 5.61. The van der Waals surface area contributed by atoms with Crippen molar-refractivity contribution in [3.63, 3.8) is 0 Å². The highest BCUT2D eigenvalue weighted by atomic mass is 35.5. The third-order valence-corrected chi connectivity index (χ3v) is 3.90. The molecule has 2 N–H and O–H groups in total. The highest BCUT2D eigenvalue weighted by molar-refractivity contribution is 6.30. The maximum Gasteiger partial charge on any atom is 0.291 e. The lowest BCUT2D eigenvalue weighted by atomic mass is 10.2. The summed E-state index contributed by atoms with van der Waals surface area (Å²) >= 11 is 5.98. The van der Waals surface area contributed by atoms with Crippen molar-refractivity contribution in [2.45, 2.75) is 13.3 Å². The summed E-state index contributed by atoms with van der Waals surface area (Å²) in [5.74, 6) is 0.271. The fourth-order valence-corrected chi connectivity index (χ4v) is 2.56. The van der Waals surface area contributed by atoms with Gasteiger partial charge in [-0.15, -0.1) is 0 Å². The number of furan rings is 1. The third kappa shape index (κ3) is 4.32. The Bertz CT molecular complexity index is 949. The molecule has 0 radical (unpaired) electrons. The van der Waals surface area contributed by atoms with E-state index < -0.39 is 0 Å². The molecule has 2 amide bonds. The minimum absolute atomic E-state index is 0.0920. The van der Waals surface area contributed by atoms with Crippen LogP contribution in [0.1, 0.15) is 23.9 Å². The average Bonchev–Trinajstić information content (AvgIpc) is 3.12. The molecule has 132 valence electrons. The lowest BCUT2D eigenvalue weighted by Crippen LogP contribution is -2.12. The summed E-state index contributed by atoms with van der Waals surface area (Å²) in [7, 11) is 0. The van der Waals surface area contributed by atoms with Crippen molar-refractivity contribution in [2.24, 2.45) is 0 Å². The Kier molecular flexibility index (Phi) is 5.39. The van der Waals surface area contributed by atoms with Gasteiger partial charge in [0.1, 0.15) is 5.76 Å². The molecule has 0 atom stereocenters. The van der Waals surface area contributed by atoms with Crippen LogP contribution >= 0.6 is 11.6 Å². The smallest absolute Gasteiger partial charge is 0.291 e. The molecular weight excluding hydrogens is 352 g/mol. The zero-order valence-electron chi connectivity index (χ0n) is 14.1. The number of benzene rings is 2. The van der Waals surface area contributed by atoms with Crippen molar-refractivity contribution >= 4 is 34.8 Å². The monoisotopic (exact) mass is 368 g/mol. The molecular formula is C20H17ClN2O3. The van der Waals surface area contributed by atoms with Gasteiger partial charge in [0.25, 0.3) is 5.91 Å². The normalized spacial score (nSPS) is 10.4. The molecule has 2 aromatic carbocycles. The zero-order chi connectivity index (χ0) is 18.5.